The summed E-state index contributed by atoms with van der Waals surface area (Å²) >= 11 is 0. The van der Waals surface area contributed by atoms with Crippen molar-refractivity contribution in [1.82, 2.24) is 10.2 Å². The van der Waals surface area contributed by atoms with E-state index in [0.29, 0.717) is 46.3 Å². The average Bonchev–Trinajstić information content (AvgIpc) is 2.90. The van der Waals surface area contributed by atoms with Crippen molar-refractivity contribution in [3.8, 4) is 11.5 Å². The number of benzene rings is 2. The molecule has 11 heteroatoms. The van der Waals surface area contributed by atoms with Crippen LogP contribution in [0.2, 0.25) is 0 Å². The third kappa shape index (κ3) is 6.94. The second kappa shape index (κ2) is 13.3. The first-order valence-electron chi connectivity index (χ1n) is 12.2. The maximum absolute atomic E-state index is 13.0. The highest BCUT2D eigenvalue weighted by molar-refractivity contribution is 6.00. The number of carbonyl (C=O) groups is 3. The summed E-state index contributed by atoms with van der Waals surface area (Å²) in [6.45, 7) is 4.52. The van der Waals surface area contributed by atoms with Crippen LogP contribution in [0.1, 0.15) is 31.9 Å². The fraction of sp³-hybridized carbons (Fsp3) is 0.370. The number of methoxy groups -OCH3 is 3. The zero-order chi connectivity index (χ0) is 27.7. The molecule has 2 aromatic rings. The number of allylic oxidation sites excluding steroid dienone is 1. The first-order chi connectivity index (χ1) is 18.3. The summed E-state index contributed by atoms with van der Waals surface area (Å²) in [5.41, 5.74) is 2.56. The standard InChI is InChI=1S/C27H34N4O7/c1-6-11-31-17(2)23(25(32)38-13-12-35-3)24(30-27(31)34)18-7-9-19(10-8-18)28-26(33)29-20-14-21(36-4)16-22(15-20)37-5/h7-10,14-16,24H,6,11-13H2,1-5H3,(H,30,34)(H2,28,29,33). The molecule has 1 aliphatic rings. The van der Waals surface area contributed by atoms with Gasteiger partial charge in [-0.2, -0.15) is 0 Å². The van der Waals surface area contributed by atoms with E-state index in [4.69, 9.17) is 18.9 Å². The van der Waals surface area contributed by atoms with Crippen LogP contribution in [0.25, 0.3) is 0 Å². The van der Waals surface area contributed by atoms with Crippen molar-refractivity contribution >= 4 is 29.4 Å². The van der Waals surface area contributed by atoms with Crippen molar-refractivity contribution in [2.75, 3.05) is 51.7 Å². The van der Waals surface area contributed by atoms with Gasteiger partial charge in [-0.25, -0.2) is 14.4 Å². The molecular formula is C27H34N4O7. The summed E-state index contributed by atoms with van der Waals surface area (Å²) in [5, 5.41) is 8.41. The molecule has 0 saturated heterocycles. The van der Waals surface area contributed by atoms with Gasteiger partial charge in [0.2, 0.25) is 0 Å². The second-order valence-corrected chi connectivity index (χ2v) is 8.46. The minimum atomic E-state index is -0.710. The molecule has 3 N–H and O–H groups in total. The summed E-state index contributed by atoms with van der Waals surface area (Å²) < 4.78 is 20.8. The number of amides is 4. The van der Waals surface area contributed by atoms with E-state index in [0.717, 1.165) is 6.42 Å². The maximum atomic E-state index is 13.0. The number of nitrogens with zero attached hydrogens (tertiary/aromatic N) is 1. The topological polar surface area (TPSA) is 127 Å². The van der Waals surface area contributed by atoms with Crippen LogP contribution in [0.15, 0.2) is 53.7 Å². The Bertz CT molecular complexity index is 1160. The van der Waals surface area contributed by atoms with E-state index < -0.39 is 18.0 Å². The Hall–Kier alpha value is -4.25. The van der Waals surface area contributed by atoms with Gasteiger partial charge in [0.05, 0.1) is 32.4 Å². The van der Waals surface area contributed by atoms with Crippen LogP contribution in [0.4, 0.5) is 21.0 Å². The van der Waals surface area contributed by atoms with E-state index >= 15 is 0 Å². The van der Waals surface area contributed by atoms with Gasteiger partial charge in [0.25, 0.3) is 0 Å². The quantitative estimate of drug-likeness (QED) is 0.294. The molecule has 204 valence electrons. The van der Waals surface area contributed by atoms with Gasteiger partial charge >= 0.3 is 18.0 Å². The van der Waals surface area contributed by atoms with E-state index in [1.165, 1.54) is 26.2 Å². The molecule has 38 heavy (non-hydrogen) atoms. The van der Waals surface area contributed by atoms with Crippen molar-refractivity contribution in [3.63, 3.8) is 0 Å². The third-order valence-electron chi connectivity index (χ3n) is 5.90. The van der Waals surface area contributed by atoms with Crippen LogP contribution in [-0.2, 0) is 14.3 Å². The minimum absolute atomic E-state index is 0.0949. The zero-order valence-electron chi connectivity index (χ0n) is 22.3. The Balaban J connectivity index is 1.78. The summed E-state index contributed by atoms with van der Waals surface area (Å²) in [7, 11) is 4.57. The molecule has 0 radical (unpaired) electrons. The lowest BCUT2D eigenvalue weighted by Crippen LogP contribution is -2.48. The van der Waals surface area contributed by atoms with Crippen LogP contribution in [0, 0.1) is 0 Å². The molecule has 4 amide bonds. The minimum Gasteiger partial charge on any atom is -0.497 e. The molecule has 11 nitrogen and oxygen atoms in total. The molecule has 1 heterocycles. The Kier molecular flexibility index (Phi) is 9.94. The van der Waals surface area contributed by atoms with Crippen molar-refractivity contribution in [3.05, 3.63) is 59.3 Å². The monoisotopic (exact) mass is 526 g/mol. The van der Waals surface area contributed by atoms with Crippen molar-refractivity contribution < 1.29 is 33.3 Å². The predicted octanol–water partition coefficient (Wildman–Crippen LogP) is 4.29. The van der Waals surface area contributed by atoms with E-state index in [9.17, 15) is 14.4 Å². The predicted molar refractivity (Wildman–Crippen MR) is 142 cm³/mol. The lowest BCUT2D eigenvalue weighted by Gasteiger charge is -2.35. The largest absolute Gasteiger partial charge is 0.497 e. The van der Waals surface area contributed by atoms with Crippen LogP contribution in [0.3, 0.4) is 0 Å². The molecule has 1 atom stereocenters. The lowest BCUT2D eigenvalue weighted by atomic mass is 9.94. The van der Waals surface area contributed by atoms with Crippen LogP contribution in [-0.4, -0.2) is 64.0 Å². The Morgan fingerprint density at radius 2 is 1.58 bits per heavy atom. The number of nitrogens with one attached hydrogen (secondary N) is 3. The fourth-order valence-electron chi connectivity index (χ4n) is 4.02. The van der Waals surface area contributed by atoms with Crippen molar-refractivity contribution in [1.29, 1.82) is 0 Å². The lowest BCUT2D eigenvalue weighted by molar-refractivity contribution is -0.140. The highest BCUT2D eigenvalue weighted by Gasteiger charge is 2.36. The highest BCUT2D eigenvalue weighted by Crippen LogP contribution is 2.32. The smallest absolute Gasteiger partial charge is 0.338 e. The normalized spacial score (nSPS) is 15.0. The van der Waals surface area contributed by atoms with Gasteiger partial charge in [-0.1, -0.05) is 19.1 Å². The van der Waals surface area contributed by atoms with Gasteiger partial charge in [0.1, 0.15) is 18.1 Å². The molecule has 3 rings (SSSR count). The van der Waals surface area contributed by atoms with Crippen molar-refractivity contribution in [2.24, 2.45) is 0 Å². The summed E-state index contributed by atoms with van der Waals surface area (Å²) in [6.07, 6.45) is 0.729. The Morgan fingerprint density at radius 1 is 0.947 bits per heavy atom. The SMILES string of the molecule is CCCN1C(=O)NC(c2ccc(NC(=O)Nc3cc(OC)cc(OC)c3)cc2)C(C(=O)OCCOC)=C1C. The van der Waals surface area contributed by atoms with Gasteiger partial charge in [-0.3, -0.25) is 4.90 Å². The first kappa shape index (κ1) is 28.3. The maximum Gasteiger partial charge on any atom is 0.338 e. The van der Waals surface area contributed by atoms with Gasteiger partial charge in [-0.05, 0) is 31.0 Å². The number of hydrogen-bond acceptors (Lipinski definition) is 7. The van der Waals surface area contributed by atoms with Gasteiger partial charge in [0.15, 0.2) is 0 Å². The molecule has 2 aromatic carbocycles. The molecule has 0 spiro atoms. The van der Waals surface area contributed by atoms with Gasteiger partial charge in [0, 0.05) is 48.9 Å². The van der Waals surface area contributed by atoms with E-state index in [-0.39, 0.29) is 19.2 Å². The number of carbonyl (C=O) groups excluding carboxylic acids is 3. The fourth-order valence-corrected chi connectivity index (χ4v) is 4.02. The molecule has 0 aromatic heterocycles. The second-order valence-electron chi connectivity index (χ2n) is 8.46. The molecule has 0 fully saturated rings. The van der Waals surface area contributed by atoms with E-state index in [1.54, 1.807) is 49.4 Å². The highest BCUT2D eigenvalue weighted by atomic mass is 16.6. The Morgan fingerprint density at radius 3 is 2.16 bits per heavy atom. The zero-order valence-corrected chi connectivity index (χ0v) is 22.3. The summed E-state index contributed by atoms with van der Waals surface area (Å²) in [5.74, 6) is 0.549. The third-order valence-corrected chi connectivity index (χ3v) is 5.90. The average molecular weight is 527 g/mol. The van der Waals surface area contributed by atoms with Crippen LogP contribution < -0.4 is 25.4 Å². The molecular weight excluding hydrogens is 492 g/mol. The molecule has 0 bridgehead atoms. The van der Waals surface area contributed by atoms with Crippen molar-refractivity contribution in [2.45, 2.75) is 26.3 Å². The number of hydrogen-bond donors (Lipinski definition) is 3. The number of anilines is 2. The number of urea groups is 2. The summed E-state index contributed by atoms with van der Waals surface area (Å²) in [4.78, 5) is 39.9. The number of rotatable bonds is 11. The van der Waals surface area contributed by atoms with E-state index in [2.05, 4.69) is 16.0 Å². The molecule has 0 aliphatic carbocycles. The van der Waals surface area contributed by atoms with E-state index in [1.807, 2.05) is 6.92 Å². The number of esters is 1. The van der Waals surface area contributed by atoms with Crippen LogP contribution in [0.5, 0.6) is 11.5 Å². The molecule has 1 aliphatic heterocycles. The first-order valence-corrected chi connectivity index (χ1v) is 12.2. The van der Waals surface area contributed by atoms with Gasteiger partial charge < -0.3 is 34.9 Å². The van der Waals surface area contributed by atoms with Crippen LogP contribution >= 0.6 is 0 Å². The molecule has 1 unspecified atom stereocenters. The van der Waals surface area contributed by atoms with Gasteiger partial charge in [-0.15, -0.1) is 0 Å². The summed E-state index contributed by atoms with van der Waals surface area (Å²) in [6, 6.07) is 10.4. The number of ether oxygens (including phenoxy) is 4. The molecule has 0 saturated carbocycles. The Labute approximate surface area is 222 Å².